The Bertz CT molecular complexity index is 482. The van der Waals surface area contributed by atoms with E-state index in [-0.39, 0.29) is 0 Å². The molecule has 0 aromatic carbocycles. The summed E-state index contributed by atoms with van der Waals surface area (Å²) in [7, 11) is -1.05. The van der Waals surface area contributed by atoms with E-state index in [1.807, 2.05) is 10.7 Å². The molecule has 1 heterocycles. The van der Waals surface area contributed by atoms with Gasteiger partial charge in [0.05, 0.1) is 0 Å². The summed E-state index contributed by atoms with van der Waals surface area (Å²) in [6.45, 7) is 8.30. The van der Waals surface area contributed by atoms with Crippen LogP contribution in [0.3, 0.4) is 0 Å². The molecule has 2 rings (SSSR count). The van der Waals surface area contributed by atoms with Crippen molar-refractivity contribution in [2.24, 2.45) is 0 Å². The standard InChI is InChI=1S/C14H23BrN2O2Si/c1-20(2,3)7-6-19-10-17-13(9-14(15)16-17)11-4-5-12(18)8-11/h9,11H,4-8,10H2,1-3H3/t11-/m0/s1. The predicted octanol–water partition coefficient (Wildman–Crippen LogP) is 3.79. The lowest BCUT2D eigenvalue weighted by Gasteiger charge is -2.16. The highest BCUT2D eigenvalue weighted by molar-refractivity contribution is 9.10. The maximum absolute atomic E-state index is 11.4. The molecule has 1 fully saturated rings. The molecule has 0 bridgehead atoms. The molecule has 4 nitrogen and oxygen atoms in total. The third kappa shape index (κ3) is 4.53. The van der Waals surface area contributed by atoms with Crippen molar-refractivity contribution >= 4 is 29.8 Å². The first kappa shape index (κ1) is 15.9. The van der Waals surface area contributed by atoms with Gasteiger partial charge in [-0.25, -0.2) is 4.68 Å². The van der Waals surface area contributed by atoms with Gasteiger partial charge in [-0.15, -0.1) is 0 Å². The second-order valence-corrected chi connectivity index (χ2v) is 13.2. The van der Waals surface area contributed by atoms with Crippen molar-refractivity contribution in [1.82, 2.24) is 9.78 Å². The van der Waals surface area contributed by atoms with E-state index >= 15 is 0 Å². The van der Waals surface area contributed by atoms with Gasteiger partial charge in [-0.05, 0) is 34.5 Å². The fourth-order valence-electron chi connectivity index (χ4n) is 2.43. The van der Waals surface area contributed by atoms with E-state index < -0.39 is 8.07 Å². The molecule has 20 heavy (non-hydrogen) atoms. The summed E-state index contributed by atoms with van der Waals surface area (Å²) in [6.07, 6.45) is 2.28. The van der Waals surface area contributed by atoms with Crippen molar-refractivity contribution in [2.75, 3.05) is 6.61 Å². The normalized spacial score (nSPS) is 19.8. The minimum atomic E-state index is -1.05. The molecule has 1 aromatic rings. The smallest absolute Gasteiger partial charge is 0.139 e. The maximum Gasteiger partial charge on any atom is 0.139 e. The Labute approximate surface area is 130 Å². The first-order chi connectivity index (χ1) is 9.35. The number of nitrogens with zero attached hydrogens (tertiary/aromatic N) is 2. The largest absolute Gasteiger partial charge is 0.360 e. The number of hydrogen-bond acceptors (Lipinski definition) is 3. The van der Waals surface area contributed by atoms with Crippen LogP contribution in [-0.2, 0) is 16.3 Å². The van der Waals surface area contributed by atoms with Crippen LogP contribution < -0.4 is 0 Å². The van der Waals surface area contributed by atoms with Crippen molar-refractivity contribution in [3.05, 3.63) is 16.4 Å². The molecule has 0 unspecified atom stereocenters. The second kappa shape index (κ2) is 6.53. The Hall–Kier alpha value is -0.463. The summed E-state index contributed by atoms with van der Waals surface area (Å²) in [5.74, 6) is 0.667. The van der Waals surface area contributed by atoms with Crippen LogP contribution in [0.25, 0.3) is 0 Å². The van der Waals surface area contributed by atoms with E-state index in [0.29, 0.717) is 31.3 Å². The Balaban J connectivity index is 1.93. The van der Waals surface area contributed by atoms with Gasteiger partial charge in [-0.3, -0.25) is 4.79 Å². The zero-order valence-corrected chi connectivity index (χ0v) is 15.1. The molecule has 0 N–H and O–H groups in total. The molecule has 1 aliphatic rings. The highest BCUT2D eigenvalue weighted by atomic mass is 79.9. The van der Waals surface area contributed by atoms with E-state index in [4.69, 9.17) is 4.74 Å². The number of ketones is 1. The van der Waals surface area contributed by atoms with E-state index in [1.165, 1.54) is 0 Å². The van der Waals surface area contributed by atoms with Crippen LogP contribution >= 0.6 is 15.9 Å². The van der Waals surface area contributed by atoms with Gasteiger partial charge in [0.25, 0.3) is 0 Å². The highest BCUT2D eigenvalue weighted by Gasteiger charge is 2.27. The van der Waals surface area contributed by atoms with Crippen LogP contribution in [0.1, 0.15) is 30.9 Å². The van der Waals surface area contributed by atoms with Crippen LogP contribution in [0.4, 0.5) is 0 Å². The van der Waals surface area contributed by atoms with Crippen LogP contribution in [0.5, 0.6) is 0 Å². The van der Waals surface area contributed by atoms with Gasteiger partial charge >= 0.3 is 0 Å². The molecule has 0 spiro atoms. The van der Waals surface area contributed by atoms with Crippen LogP contribution in [0, 0.1) is 0 Å². The van der Waals surface area contributed by atoms with E-state index in [9.17, 15) is 4.79 Å². The van der Waals surface area contributed by atoms with Gasteiger partial charge in [0.1, 0.15) is 17.1 Å². The molecule has 1 aliphatic carbocycles. The monoisotopic (exact) mass is 358 g/mol. The van der Waals surface area contributed by atoms with Crippen molar-refractivity contribution in [3.8, 4) is 0 Å². The molecule has 0 radical (unpaired) electrons. The minimum Gasteiger partial charge on any atom is -0.360 e. The molecule has 1 saturated carbocycles. The average molecular weight is 359 g/mol. The SMILES string of the molecule is C[Si](C)(C)CCOCn1nc(Br)cc1[C@H]1CCC(=O)C1. The van der Waals surface area contributed by atoms with Crippen LogP contribution in [0.15, 0.2) is 10.7 Å². The summed E-state index contributed by atoms with van der Waals surface area (Å²) in [5, 5.41) is 4.42. The van der Waals surface area contributed by atoms with Gasteiger partial charge < -0.3 is 4.74 Å². The molecule has 112 valence electrons. The fraction of sp³-hybridized carbons (Fsp3) is 0.714. The Kier molecular flexibility index (Phi) is 5.20. The Morgan fingerprint density at radius 2 is 2.25 bits per heavy atom. The molecule has 0 aliphatic heterocycles. The molecular weight excluding hydrogens is 336 g/mol. The van der Waals surface area contributed by atoms with E-state index in [1.54, 1.807) is 0 Å². The average Bonchev–Trinajstić information content (AvgIpc) is 2.90. The first-order valence-corrected chi connectivity index (χ1v) is 11.7. The van der Waals surface area contributed by atoms with Crippen molar-refractivity contribution in [2.45, 2.75) is 57.6 Å². The van der Waals surface area contributed by atoms with Crippen molar-refractivity contribution < 1.29 is 9.53 Å². The molecule has 1 aromatic heterocycles. The zero-order chi connectivity index (χ0) is 14.8. The van der Waals surface area contributed by atoms with Gasteiger partial charge in [0.15, 0.2) is 0 Å². The lowest BCUT2D eigenvalue weighted by Crippen LogP contribution is -2.22. The van der Waals surface area contributed by atoms with Gasteiger partial charge in [0.2, 0.25) is 0 Å². The topological polar surface area (TPSA) is 44.1 Å². The Morgan fingerprint density at radius 1 is 1.50 bits per heavy atom. The summed E-state index contributed by atoms with van der Waals surface area (Å²) < 4.78 is 8.49. The molecule has 0 saturated heterocycles. The molecular formula is C14H23BrN2O2Si. The van der Waals surface area contributed by atoms with Gasteiger partial charge in [-0.2, -0.15) is 5.10 Å². The summed E-state index contributed by atoms with van der Waals surface area (Å²) in [4.78, 5) is 11.4. The molecule has 6 heteroatoms. The third-order valence-corrected chi connectivity index (χ3v) is 5.75. The van der Waals surface area contributed by atoms with E-state index in [2.05, 4.69) is 40.7 Å². The second-order valence-electron chi connectivity index (χ2n) is 6.72. The zero-order valence-electron chi connectivity index (χ0n) is 12.5. The minimum absolute atomic E-state index is 0.307. The van der Waals surface area contributed by atoms with Crippen LogP contribution in [-0.4, -0.2) is 30.2 Å². The number of hydrogen-bond donors (Lipinski definition) is 0. The third-order valence-electron chi connectivity index (χ3n) is 3.66. The first-order valence-electron chi connectivity index (χ1n) is 7.18. The van der Waals surface area contributed by atoms with Gasteiger partial charge in [-0.1, -0.05) is 19.6 Å². The lowest BCUT2D eigenvalue weighted by atomic mass is 10.0. The number of ether oxygens (including phenoxy) is 1. The Morgan fingerprint density at radius 3 is 2.85 bits per heavy atom. The predicted molar refractivity (Wildman–Crippen MR) is 85.6 cm³/mol. The number of carbonyl (C=O) groups is 1. The summed E-state index contributed by atoms with van der Waals surface area (Å²) >= 11 is 3.42. The number of Topliss-reactive ketones (excluding diaryl/α,β-unsaturated/α-hetero) is 1. The van der Waals surface area contributed by atoms with Crippen molar-refractivity contribution in [3.63, 3.8) is 0 Å². The quantitative estimate of drug-likeness (QED) is 0.573. The number of carbonyl (C=O) groups excluding carboxylic acids is 1. The lowest BCUT2D eigenvalue weighted by molar-refractivity contribution is -0.117. The fourth-order valence-corrected chi connectivity index (χ4v) is 3.61. The van der Waals surface area contributed by atoms with Crippen molar-refractivity contribution in [1.29, 1.82) is 0 Å². The summed E-state index contributed by atoms with van der Waals surface area (Å²) in [6, 6.07) is 3.18. The highest BCUT2D eigenvalue weighted by Crippen LogP contribution is 2.33. The number of rotatable bonds is 6. The van der Waals surface area contributed by atoms with Crippen LogP contribution in [0.2, 0.25) is 25.7 Å². The molecule has 0 amide bonds. The number of aromatic nitrogens is 2. The number of halogens is 1. The maximum atomic E-state index is 11.4. The van der Waals surface area contributed by atoms with Gasteiger partial charge in [0, 0.05) is 39.1 Å². The molecule has 1 atom stereocenters. The van der Waals surface area contributed by atoms with E-state index in [0.717, 1.165) is 29.4 Å². The summed E-state index contributed by atoms with van der Waals surface area (Å²) in [5.41, 5.74) is 1.12.